The zero-order valence-electron chi connectivity index (χ0n) is 6.74. The third kappa shape index (κ3) is 1.09. The Morgan fingerprint density at radius 1 is 1.31 bits per heavy atom. The lowest BCUT2D eigenvalue weighted by Gasteiger charge is -1.94. The van der Waals surface area contributed by atoms with E-state index in [-0.39, 0.29) is 5.91 Å². The van der Waals surface area contributed by atoms with Gasteiger partial charge >= 0.3 is 0 Å². The first-order chi connectivity index (χ1) is 6.33. The van der Waals surface area contributed by atoms with E-state index in [2.05, 4.69) is 5.32 Å². The van der Waals surface area contributed by atoms with Gasteiger partial charge in [0.2, 0.25) is 0 Å². The fourth-order valence-corrected chi connectivity index (χ4v) is 1.35. The first-order valence-corrected chi connectivity index (χ1v) is 3.83. The van der Waals surface area contributed by atoms with Crippen LogP contribution in [-0.2, 0) is 0 Å². The Balaban J connectivity index is 2.61. The maximum atomic E-state index is 11.3. The highest BCUT2D eigenvalue weighted by atomic mass is 16.1. The molecule has 0 fully saturated rings. The molecule has 0 spiro atoms. The van der Waals surface area contributed by atoms with Crippen molar-refractivity contribution < 1.29 is 4.79 Å². The van der Waals surface area contributed by atoms with Gasteiger partial charge in [-0.05, 0) is 6.07 Å². The molecule has 1 aromatic rings. The number of carbonyl (C=O) groups excluding carboxylic acids is 1. The Morgan fingerprint density at radius 3 is 2.69 bits per heavy atom. The molecule has 0 unspecified atom stereocenters. The van der Waals surface area contributed by atoms with Crippen LogP contribution < -0.4 is 5.32 Å². The number of fused-ring (bicyclic) bond motifs is 1. The Morgan fingerprint density at radius 2 is 2.00 bits per heavy atom. The summed E-state index contributed by atoms with van der Waals surface area (Å²) in [5.41, 5.74) is 2.01. The molecule has 3 nitrogen and oxygen atoms in total. The fourth-order valence-electron chi connectivity index (χ4n) is 1.35. The SMILES string of the molecule is N#CC=C1NC(=O)c2ccccc21. The molecule has 0 aliphatic carbocycles. The lowest BCUT2D eigenvalue weighted by molar-refractivity contribution is 0.0981. The normalized spacial score (nSPS) is 16.5. The molecule has 0 bridgehead atoms. The second kappa shape index (κ2) is 2.76. The number of hydrogen-bond acceptors (Lipinski definition) is 2. The lowest BCUT2D eigenvalue weighted by atomic mass is 10.1. The summed E-state index contributed by atoms with van der Waals surface area (Å²) in [6.45, 7) is 0. The van der Waals surface area contributed by atoms with Gasteiger partial charge in [0, 0.05) is 17.2 Å². The number of nitrogens with zero attached hydrogens (tertiary/aromatic N) is 1. The summed E-state index contributed by atoms with van der Waals surface area (Å²) >= 11 is 0. The van der Waals surface area contributed by atoms with E-state index in [0.717, 1.165) is 5.56 Å². The van der Waals surface area contributed by atoms with Crippen LogP contribution >= 0.6 is 0 Å². The molecule has 0 saturated heterocycles. The second-order valence-electron chi connectivity index (χ2n) is 2.69. The summed E-state index contributed by atoms with van der Waals surface area (Å²) in [6.07, 6.45) is 1.34. The molecule has 0 saturated carbocycles. The second-order valence-corrected chi connectivity index (χ2v) is 2.69. The van der Waals surface area contributed by atoms with E-state index in [0.29, 0.717) is 11.3 Å². The van der Waals surface area contributed by atoms with Crippen LogP contribution in [0.1, 0.15) is 15.9 Å². The molecular formula is C10H6N2O. The van der Waals surface area contributed by atoms with Crippen LogP contribution in [0.4, 0.5) is 0 Å². The predicted molar refractivity (Wildman–Crippen MR) is 47.5 cm³/mol. The molecule has 3 heteroatoms. The van der Waals surface area contributed by atoms with Crippen LogP contribution in [0, 0.1) is 11.3 Å². The molecular weight excluding hydrogens is 164 g/mol. The van der Waals surface area contributed by atoms with E-state index in [1.807, 2.05) is 18.2 Å². The summed E-state index contributed by atoms with van der Waals surface area (Å²) < 4.78 is 0. The summed E-state index contributed by atoms with van der Waals surface area (Å²) in [4.78, 5) is 11.3. The van der Waals surface area contributed by atoms with E-state index >= 15 is 0 Å². The van der Waals surface area contributed by atoms with Crippen molar-refractivity contribution in [3.05, 3.63) is 41.5 Å². The average Bonchev–Trinajstić information content (AvgIpc) is 2.46. The number of nitriles is 1. The standard InChI is InChI=1S/C10H6N2O/c11-6-5-9-7-3-1-2-4-8(7)10(13)12-9/h1-5H,(H,12,13). The van der Waals surface area contributed by atoms with Gasteiger partial charge in [0.25, 0.3) is 5.91 Å². The molecule has 1 heterocycles. The molecule has 0 atom stereocenters. The first kappa shape index (κ1) is 7.56. The molecule has 13 heavy (non-hydrogen) atoms. The molecule has 62 valence electrons. The van der Waals surface area contributed by atoms with E-state index in [1.165, 1.54) is 6.08 Å². The van der Waals surface area contributed by atoms with Gasteiger partial charge in [0.05, 0.1) is 11.8 Å². The highest BCUT2D eigenvalue weighted by Crippen LogP contribution is 2.23. The van der Waals surface area contributed by atoms with Gasteiger partial charge in [0.15, 0.2) is 0 Å². The minimum Gasteiger partial charge on any atom is -0.321 e. The molecule has 1 N–H and O–H groups in total. The minimum atomic E-state index is -0.142. The monoisotopic (exact) mass is 170 g/mol. The maximum absolute atomic E-state index is 11.3. The van der Waals surface area contributed by atoms with Crippen LogP contribution in [0.25, 0.3) is 5.70 Å². The first-order valence-electron chi connectivity index (χ1n) is 3.83. The van der Waals surface area contributed by atoms with Gasteiger partial charge in [0.1, 0.15) is 0 Å². The van der Waals surface area contributed by atoms with Gasteiger partial charge in [-0.2, -0.15) is 5.26 Å². The highest BCUT2D eigenvalue weighted by molar-refractivity contribution is 6.09. The number of hydrogen-bond donors (Lipinski definition) is 1. The predicted octanol–water partition coefficient (Wildman–Crippen LogP) is 1.29. The molecule has 1 aliphatic heterocycles. The van der Waals surface area contributed by atoms with Crippen molar-refractivity contribution >= 4 is 11.6 Å². The third-order valence-electron chi connectivity index (χ3n) is 1.92. The van der Waals surface area contributed by atoms with E-state index in [9.17, 15) is 4.79 Å². The van der Waals surface area contributed by atoms with Crippen LogP contribution in [0.5, 0.6) is 0 Å². The third-order valence-corrected chi connectivity index (χ3v) is 1.92. The molecule has 0 radical (unpaired) electrons. The molecule has 1 amide bonds. The summed E-state index contributed by atoms with van der Waals surface area (Å²) in [7, 11) is 0. The molecule has 0 aromatic heterocycles. The Labute approximate surface area is 75.3 Å². The average molecular weight is 170 g/mol. The topological polar surface area (TPSA) is 52.9 Å². The Kier molecular flexibility index (Phi) is 1.60. The highest BCUT2D eigenvalue weighted by Gasteiger charge is 2.22. The molecule has 1 aromatic carbocycles. The van der Waals surface area contributed by atoms with Crippen LogP contribution in [0.2, 0.25) is 0 Å². The number of allylic oxidation sites excluding steroid dienone is 1. The van der Waals surface area contributed by atoms with E-state index < -0.39 is 0 Å². The van der Waals surface area contributed by atoms with Crippen LogP contribution in [0.3, 0.4) is 0 Å². The van der Waals surface area contributed by atoms with Crippen molar-refractivity contribution in [2.24, 2.45) is 0 Å². The number of nitrogens with one attached hydrogen (secondary N) is 1. The number of rotatable bonds is 0. The number of amides is 1. The summed E-state index contributed by atoms with van der Waals surface area (Å²) in [5.74, 6) is -0.142. The molecule has 1 aliphatic rings. The van der Waals surface area contributed by atoms with Gasteiger partial charge < -0.3 is 5.32 Å². The van der Waals surface area contributed by atoms with Crippen LogP contribution in [0.15, 0.2) is 30.3 Å². The van der Waals surface area contributed by atoms with E-state index in [4.69, 9.17) is 5.26 Å². The van der Waals surface area contributed by atoms with Crippen molar-refractivity contribution in [2.75, 3.05) is 0 Å². The van der Waals surface area contributed by atoms with Crippen molar-refractivity contribution in [1.82, 2.24) is 5.32 Å². The zero-order valence-corrected chi connectivity index (χ0v) is 6.74. The summed E-state index contributed by atoms with van der Waals surface area (Å²) in [5, 5.41) is 11.1. The number of carbonyl (C=O) groups is 1. The Bertz CT molecular complexity index is 440. The Hall–Kier alpha value is -2.08. The zero-order chi connectivity index (χ0) is 9.26. The van der Waals surface area contributed by atoms with Gasteiger partial charge in [-0.25, -0.2) is 0 Å². The minimum absolute atomic E-state index is 0.142. The number of benzene rings is 1. The largest absolute Gasteiger partial charge is 0.321 e. The van der Waals surface area contributed by atoms with Crippen LogP contribution in [-0.4, -0.2) is 5.91 Å². The van der Waals surface area contributed by atoms with Crippen molar-refractivity contribution in [1.29, 1.82) is 5.26 Å². The van der Waals surface area contributed by atoms with Crippen molar-refractivity contribution in [3.63, 3.8) is 0 Å². The van der Waals surface area contributed by atoms with Crippen molar-refractivity contribution in [2.45, 2.75) is 0 Å². The lowest BCUT2D eigenvalue weighted by Crippen LogP contribution is -2.11. The maximum Gasteiger partial charge on any atom is 0.256 e. The van der Waals surface area contributed by atoms with Crippen molar-refractivity contribution in [3.8, 4) is 6.07 Å². The van der Waals surface area contributed by atoms with E-state index in [1.54, 1.807) is 12.1 Å². The molecule has 2 rings (SSSR count). The van der Waals surface area contributed by atoms with Gasteiger partial charge in [-0.1, -0.05) is 18.2 Å². The smallest absolute Gasteiger partial charge is 0.256 e. The quantitative estimate of drug-likeness (QED) is 0.596. The van der Waals surface area contributed by atoms with Gasteiger partial charge in [-0.3, -0.25) is 4.79 Å². The van der Waals surface area contributed by atoms with Gasteiger partial charge in [-0.15, -0.1) is 0 Å². The summed E-state index contributed by atoms with van der Waals surface area (Å²) in [6, 6.07) is 9.09. The fraction of sp³-hybridized carbons (Fsp3) is 0.